The van der Waals surface area contributed by atoms with E-state index < -0.39 is 23.7 Å². The number of pyridine rings is 1. The molecule has 0 bridgehead atoms. The zero-order valence-electron chi connectivity index (χ0n) is 18.1. The molecule has 180 valence electrons. The number of nitrogens with one attached hydrogen (secondary N) is 4. The molecule has 9 nitrogen and oxygen atoms in total. The Hall–Kier alpha value is -4.43. The number of aromatic nitrogens is 1. The summed E-state index contributed by atoms with van der Waals surface area (Å²) in [5.41, 5.74) is 0.778. The van der Waals surface area contributed by atoms with Gasteiger partial charge in [0.25, 0.3) is 0 Å². The maximum absolute atomic E-state index is 13.2. The highest BCUT2D eigenvalue weighted by atomic mass is 35.5. The Morgan fingerprint density at radius 1 is 1.00 bits per heavy atom. The first-order chi connectivity index (χ1) is 16.8. The standard InChI is InChI=1S/C23H19ClF2N6O3/c1-27-16-5-8-21(29-13-16)32-23(34)31-19-11-14(24)3-7-20(19)35-10-2-9-28-22(33)30-15-4-6-17(25)18(26)12-15/h3-8,11-13H,2,9-10H2,(H2,28,30,33)(H2,29,31,32,34). The summed E-state index contributed by atoms with van der Waals surface area (Å²) < 4.78 is 31.8. The van der Waals surface area contributed by atoms with Gasteiger partial charge in [0.1, 0.15) is 11.6 Å². The molecule has 0 spiro atoms. The van der Waals surface area contributed by atoms with Crippen molar-refractivity contribution in [3.63, 3.8) is 0 Å². The van der Waals surface area contributed by atoms with Crippen molar-refractivity contribution >= 4 is 46.5 Å². The number of urea groups is 2. The number of anilines is 3. The number of carbonyl (C=O) groups is 2. The lowest BCUT2D eigenvalue weighted by molar-refractivity contribution is 0.250. The van der Waals surface area contributed by atoms with Crippen molar-refractivity contribution in [3.05, 3.63) is 82.8 Å². The van der Waals surface area contributed by atoms with E-state index in [1.54, 1.807) is 12.1 Å². The number of rotatable bonds is 8. The lowest BCUT2D eigenvalue weighted by Gasteiger charge is -2.14. The van der Waals surface area contributed by atoms with E-state index in [4.69, 9.17) is 22.9 Å². The van der Waals surface area contributed by atoms with Gasteiger partial charge in [0.15, 0.2) is 11.6 Å². The fourth-order valence-corrected chi connectivity index (χ4v) is 2.90. The molecule has 4 N–H and O–H groups in total. The Labute approximate surface area is 204 Å². The first-order valence-corrected chi connectivity index (χ1v) is 10.6. The van der Waals surface area contributed by atoms with Gasteiger partial charge in [0.05, 0.1) is 18.9 Å². The number of nitrogens with zero attached hydrogens (tertiary/aromatic N) is 2. The molecular formula is C23H19ClF2N6O3. The topological polar surface area (TPSA) is 109 Å². The van der Waals surface area contributed by atoms with Crippen molar-refractivity contribution in [1.29, 1.82) is 0 Å². The summed E-state index contributed by atoms with van der Waals surface area (Å²) in [7, 11) is 0. The first-order valence-electron chi connectivity index (χ1n) is 10.2. The Bertz CT molecular complexity index is 1250. The van der Waals surface area contributed by atoms with E-state index in [2.05, 4.69) is 31.1 Å². The van der Waals surface area contributed by atoms with Crippen LogP contribution >= 0.6 is 11.6 Å². The normalized spacial score (nSPS) is 10.1. The highest BCUT2D eigenvalue weighted by Crippen LogP contribution is 2.28. The number of hydrogen-bond donors (Lipinski definition) is 4. The van der Waals surface area contributed by atoms with Crippen LogP contribution in [0.4, 0.5) is 41.2 Å². The highest BCUT2D eigenvalue weighted by molar-refractivity contribution is 6.31. The van der Waals surface area contributed by atoms with E-state index >= 15 is 0 Å². The average Bonchev–Trinajstić information content (AvgIpc) is 2.83. The molecule has 0 aliphatic carbocycles. The third kappa shape index (κ3) is 7.83. The van der Waals surface area contributed by atoms with Gasteiger partial charge in [-0.2, -0.15) is 0 Å². The van der Waals surface area contributed by atoms with Gasteiger partial charge < -0.3 is 20.7 Å². The maximum Gasteiger partial charge on any atom is 0.324 e. The van der Waals surface area contributed by atoms with E-state index in [0.29, 0.717) is 28.6 Å². The van der Waals surface area contributed by atoms with Crippen LogP contribution in [0.25, 0.3) is 4.85 Å². The minimum absolute atomic E-state index is 0.116. The Kier molecular flexibility index (Phi) is 8.75. The molecule has 35 heavy (non-hydrogen) atoms. The Balaban J connectivity index is 1.46. The molecule has 0 fully saturated rings. The predicted molar refractivity (Wildman–Crippen MR) is 128 cm³/mol. The molecule has 3 rings (SSSR count). The SMILES string of the molecule is [C-]#[N+]c1ccc(NC(=O)Nc2cc(Cl)ccc2OCCCNC(=O)Nc2ccc(F)c(F)c2)nc1. The molecule has 1 heterocycles. The summed E-state index contributed by atoms with van der Waals surface area (Å²) >= 11 is 6.03. The monoisotopic (exact) mass is 500 g/mol. The van der Waals surface area contributed by atoms with E-state index in [9.17, 15) is 18.4 Å². The molecule has 2 aromatic carbocycles. The predicted octanol–water partition coefficient (Wildman–Crippen LogP) is 5.80. The van der Waals surface area contributed by atoms with Crippen LogP contribution in [0.15, 0.2) is 54.7 Å². The van der Waals surface area contributed by atoms with Crippen molar-refractivity contribution in [3.8, 4) is 5.75 Å². The van der Waals surface area contributed by atoms with E-state index in [-0.39, 0.29) is 24.7 Å². The molecule has 0 radical (unpaired) electrons. The van der Waals surface area contributed by atoms with Gasteiger partial charge in [-0.15, -0.1) is 0 Å². The van der Waals surface area contributed by atoms with Crippen LogP contribution in [0.2, 0.25) is 5.02 Å². The van der Waals surface area contributed by atoms with Crippen LogP contribution in [0.5, 0.6) is 5.75 Å². The smallest absolute Gasteiger partial charge is 0.324 e. The quantitative estimate of drug-likeness (QED) is 0.231. The molecular weight excluding hydrogens is 482 g/mol. The second kappa shape index (κ2) is 12.2. The molecule has 3 aromatic rings. The summed E-state index contributed by atoms with van der Waals surface area (Å²) in [5, 5.41) is 10.5. The van der Waals surface area contributed by atoms with Gasteiger partial charge in [0.2, 0.25) is 5.69 Å². The number of ether oxygens (including phenoxy) is 1. The van der Waals surface area contributed by atoms with Crippen LogP contribution < -0.4 is 26.0 Å². The minimum Gasteiger partial charge on any atom is -0.491 e. The molecule has 1 aromatic heterocycles. The van der Waals surface area contributed by atoms with Crippen LogP contribution in [-0.4, -0.2) is 30.2 Å². The summed E-state index contributed by atoms with van der Waals surface area (Å²) in [6, 6.07) is 9.58. The van der Waals surface area contributed by atoms with Gasteiger partial charge in [-0.05, 0) is 42.8 Å². The second-order valence-corrected chi connectivity index (χ2v) is 7.38. The van der Waals surface area contributed by atoms with Gasteiger partial charge >= 0.3 is 12.1 Å². The summed E-state index contributed by atoms with van der Waals surface area (Å²) in [5.74, 6) is -1.46. The van der Waals surface area contributed by atoms with Crippen molar-refractivity contribution < 1.29 is 23.1 Å². The van der Waals surface area contributed by atoms with Crippen LogP contribution in [0, 0.1) is 18.2 Å². The molecule has 12 heteroatoms. The largest absolute Gasteiger partial charge is 0.491 e. The second-order valence-electron chi connectivity index (χ2n) is 6.94. The van der Waals surface area contributed by atoms with Crippen LogP contribution in [0.3, 0.4) is 0 Å². The molecule has 4 amide bonds. The van der Waals surface area contributed by atoms with Gasteiger partial charge in [-0.25, -0.2) is 23.2 Å². The number of benzene rings is 2. The minimum atomic E-state index is -1.06. The zero-order valence-corrected chi connectivity index (χ0v) is 18.8. The van der Waals surface area contributed by atoms with Crippen LogP contribution in [0.1, 0.15) is 6.42 Å². The Morgan fingerprint density at radius 2 is 1.83 bits per heavy atom. The lowest BCUT2D eigenvalue weighted by Crippen LogP contribution is -2.30. The number of hydrogen-bond acceptors (Lipinski definition) is 4. The van der Waals surface area contributed by atoms with Crippen molar-refractivity contribution in [2.24, 2.45) is 0 Å². The number of carbonyl (C=O) groups excluding carboxylic acids is 2. The Morgan fingerprint density at radius 3 is 2.54 bits per heavy atom. The molecule has 0 aliphatic rings. The highest BCUT2D eigenvalue weighted by Gasteiger charge is 2.11. The number of halogens is 3. The molecule has 0 saturated carbocycles. The van der Waals surface area contributed by atoms with E-state index in [1.807, 2.05) is 0 Å². The van der Waals surface area contributed by atoms with Crippen molar-refractivity contribution in [2.45, 2.75) is 6.42 Å². The van der Waals surface area contributed by atoms with Crippen molar-refractivity contribution in [1.82, 2.24) is 10.3 Å². The van der Waals surface area contributed by atoms with Crippen LogP contribution in [-0.2, 0) is 0 Å². The summed E-state index contributed by atoms with van der Waals surface area (Å²) in [6.45, 7) is 7.35. The fourth-order valence-electron chi connectivity index (χ4n) is 2.73. The number of amides is 4. The zero-order chi connectivity index (χ0) is 25.2. The summed E-state index contributed by atoms with van der Waals surface area (Å²) in [4.78, 5) is 31.4. The molecule has 0 unspecified atom stereocenters. The van der Waals surface area contributed by atoms with E-state index in [0.717, 1.165) is 12.1 Å². The summed E-state index contributed by atoms with van der Waals surface area (Å²) in [6.07, 6.45) is 1.75. The lowest BCUT2D eigenvalue weighted by atomic mass is 10.3. The van der Waals surface area contributed by atoms with Gasteiger partial charge in [-0.1, -0.05) is 17.7 Å². The average molecular weight is 501 g/mol. The van der Waals surface area contributed by atoms with Crippen molar-refractivity contribution in [2.75, 3.05) is 29.1 Å². The maximum atomic E-state index is 13.2. The fraction of sp³-hybridized carbons (Fsp3) is 0.130. The first kappa shape index (κ1) is 25.2. The molecule has 0 aliphatic heterocycles. The van der Waals surface area contributed by atoms with E-state index in [1.165, 1.54) is 30.5 Å². The van der Waals surface area contributed by atoms with Gasteiger partial charge in [-0.3, -0.25) is 10.3 Å². The van der Waals surface area contributed by atoms with Gasteiger partial charge in [0, 0.05) is 29.5 Å². The third-order valence-electron chi connectivity index (χ3n) is 4.35. The molecule has 0 atom stereocenters. The third-order valence-corrected chi connectivity index (χ3v) is 4.59. The molecule has 0 saturated heterocycles.